The first kappa shape index (κ1) is 17.9. The van der Waals surface area contributed by atoms with Crippen LogP contribution in [-0.4, -0.2) is 22.6 Å². The lowest BCUT2D eigenvalue weighted by atomic mass is 9.98. The monoisotopic (exact) mass is 326 g/mol. The van der Waals surface area contributed by atoms with Gasteiger partial charge in [0.15, 0.2) is 5.69 Å². The molecular formula is C19H26N4O. The normalized spacial score (nSPS) is 10.7. The van der Waals surface area contributed by atoms with Crippen molar-refractivity contribution in [1.29, 1.82) is 0 Å². The van der Waals surface area contributed by atoms with Crippen LogP contribution in [0.1, 0.15) is 61.1 Å². The van der Waals surface area contributed by atoms with Crippen LogP contribution in [0.2, 0.25) is 0 Å². The van der Waals surface area contributed by atoms with Gasteiger partial charge in [-0.25, -0.2) is 0 Å². The quantitative estimate of drug-likeness (QED) is 0.741. The number of anilines is 2. The summed E-state index contributed by atoms with van der Waals surface area (Å²) in [6.45, 7) is 9.21. The summed E-state index contributed by atoms with van der Waals surface area (Å²) < 4.78 is 0. The number of aromatic nitrogens is 2. The molecule has 0 saturated carbocycles. The van der Waals surface area contributed by atoms with Crippen molar-refractivity contribution in [1.82, 2.24) is 10.2 Å². The number of hydrogen-bond donors (Lipinski definition) is 2. The third-order valence-corrected chi connectivity index (χ3v) is 3.90. The Labute approximate surface area is 143 Å². The molecular weight excluding hydrogens is 300 g/mol. The van der Waals surface area contributed by atoms with E-state index in [2.05, 4.69) is 41.6 Å². The zero-order valence-corrected chi connectivity index (χ0v) is 14.9. The van der Waals surface area contributed by atoms with Crippen molar-refractivity contribution in [2.24, 2.45) is 0 Å². The molecule has 1 aromatic carbocycles. The highest BCUT2D eigenvalue weighted by molar-refractivity contribution is 6.03. The Morgan fingerprint density at radius 2 is 1.96 bits per heavy atom. The van der Waals surface area contributed by atoms with E-state index in [9.17, 15) is 4.79 Å². The van der Waals surface area contributed by atoms with E-state index < -0.39 is 0 Å². The molecule has 0 aliphatic carbocycles. The Kier molecular flexibility index (Phi) is 6.29. The van der Waals surface area contributed by atoms with Gasteiger partial charge in [-0.05, 0) is 42.5 Å². The van der Waals surface area contributed by atoms with E-state index >= 15 is 0 Å². The lowest BCUT2D eigenvalue weighted by Crippen LogP contribution is -2.17. The molecule has 24 heavy (non-hydrogen) atoms. The summed E-state index contributed by atoms with van der Waals surface area (Å²) in [6.07, 6.45) is 2.20. The molecule has 1 aromatic heterocycles. The molecule has 0 radical (unpaired) electrons. The minimum Gasteiger partial charge on any atom is -0.369 e. The van der Waals surface area contributed by atoms with Crippen LogP contribution in [0.15, 0.2) is 30.3 Å². The van der Waals surface area contributed by atoms with Crippen molar-refractivity contribution >= 4 is 17.4 Å². The number of para-hydroxylation sites is 1. The fraction of sp³-hybridized carbons (Fsp3) is 0.421. The Morgan fingerprint density at radius 3 is 2.58 bits per heavy atom. The first-order chi connectivity index (χ1) is 11.5. The number of nitrogens with one attached hydrogen (secondary N) is 2. The minimum atomic E-state index is -0.237. The molecule has 0 aliphatic rings. The number of benzene rings is 1. The van der Waals surface area contributed by atoms with Crippen LogP contribution in [-0.2, 0) is 0 Å². The Hall–Kier alpha value is -2.43. The number of carbonyl (C=O) groups is 1. The van der Waals surface area contributed by atoms with E-state index in [1.807, 2.05) is 25.1 Å². The van der Waals surface area contributed by atoms with E-state index in [0.29, 0.717) is 17.4 Å². The highest BCUT2D eigenvalue weighted by atomic mass is 16.1. The lowest BCUT2D eigenvalue weighted by molar-refractivity contribution is 0.102. The van der Waals surface area contributed by atoms with E-state index in [-0.39, 0.29) is 5.91 Å². The van der Waals surface area contributed by atoms with Gasteiger partial charge in [0.05, 0.1) is 0 Å². The Bertz CT molecular complexity index is 680. The van der Waals surface area contributed by atoms with Crippen LogP contribution in [0.25, 0.3) is 0 Å². The molecule has 1 amide bonds. The Morgan fingerprint density at radius 1 is 1.17 bits per heavy atom. The fourth-order valence-electron chi connectivity index (χ4n) is 2.46. The van der Waals surface area contributed by atoms with Gasteiger partial charge in [0, 0.05) is 12.2 Å². The highest BCUT2D eigenvalue weighted by Gasteiger charge is 2.14. The van der Waals surface area contributed by atoms with Gasteiger partial charge in [-0.3, -0.25) is 4.79 Å². The van der Waals surface area contributed by atoms with Crippen LogP contribution in [0.3, 0.4) is 0 Å². The molecule has 2 aromatic rings. The predicted octanol–water partition coefficient (Wildman–Crippen LogP) is 4.37. The van der Waals surface area contributed by atoms with Gasteiger partial charge in [0.25, 0.3) is 5.91 Å². The first-order valence-corrected chi connectivity index (χ1v) is 8.51. The molecule has 0 spiro atoms. The molecule has 128 valence electrons. The zero-order chi connectivity index (χ0) is 17.5. The van der Waals surface area contributed by atoms with Crippen molar-refractivity contribution in [2.45, 2.75) is 46.5 Å². The SMILES string of the molecule is CCCCNc1ccc(C(=O)Nc2c(C)cccc2C(C)C)nn1. The van der Waals surface area contributed by atoms with Gasteiger partial charge >= 0.3 is 0 Å². The van der Waals surface area contributed by atoms with Crippen molar-refractivity contribution in [3.63, 3.8) is 0 Å². The second-order valence-electron chi connectivity index (χ2n) is 6.23. The smallest absolute Gasteiger partial charge is 0.276 e. The molecule has 0 bridgehead atoms. The molecule has 0 fully saturated rings. The van der Waals surface area contributed by atoms with Crippen molar-refractivity contribution in [3.8, 4) is 0 Å². The van der Waals surface area contributed by atoms with Crippen molar-refractivity contribution in [3.05, 3.63) is 47.2 Å². The first-order valence-electron chi connectivity index (χ1n) is 8.51. The van der Waals surface area contributed by atoms with Gasteiger partial charge in [0.2, 0.25) is 0 Å². The molecule has 0 atom stereocenters. The van der Waals surface area contributed by atoms with Crippen LogP contribution in [0.4, 0.5) is 11.5 Å². The summed E-state index contributed by atoms with van der Waals surface area (Å²) in [5, 5.41) is 14.3. The standard InChI is InChI=1S/C19H26N4O/c1-5-6-12-20-17-11-10-16(22-23-17)19(24)21-18-14(4)8-7-9-15(18)13(2)3/h7-11,13H,5-6,12H2,1-4H3,(H,20,23)(H,21,24). The summed E-state index contributed by atoms with van der Waals surface area (Å²) in [7, 11) is 0. The number of amides is 1. The van der Waals surface area contributed by atoms with Gasteiger partial charge in [-0.1, -0.05) is 45.4 Å². The average molecular weight is 326 g/mol. The van der Waals surface area contributed by atoms with Crippen LogP contribution in [0.5, 0.6) is 0 Å². The molecule has 2 N–H and O–H groups in total. The van der Waals surface area contributed by atoms with E-state index in [1.165, 1.54) is 0 Å². The number of unbranched alkanes of at least 4 members (excludes halogenated alkanes) is 1. The second-order valence-corrected chi connectivity index (χ2v) is 6.23. The van der Waals surface area contributed by atoms with Crippen LogP contribution in [0, 0.1) is 6.92 Å². The van der Waals surface area contributed by atoms with E-state index in [0.717, 1.165) is 36.2 Å². The highest BCUT2D eigenvalue weighted by Crippen LogP contribution is 2.27. The summed E-state index contributed by atoms with van der Waals surface area (Å²) in [4.78, 5) is 12.5. The van der Waals surface area contributed by atoms with Gasteiger partial charge in [-0.2, -0.15) is 0 Å². The third-order valence-electron chi connectivity index (χ3n) is 3.90. The number of carbonyl (C=O) groups excluding carboxylic acids is 1. The van der Waals surface area contributed by atoms with E-state index in [1.54, 1.807) is 12.1 Å². The van der Waals surface area contributed by atoms with Gasteiger partial charge in [-0.15, -0.1) is 10.2 Å². The lowest BCUT2D eigenvalue weighted by Gasteiger charge is -2.16. The molecule has 0 unspecified atom stereocenters. The molecule has 5 nitrogen and oxygen atoms in total. The fourth-order valence-corrected chi connectivity index (χ4v) is 2.46. The predicted molar refractivity (Wildman–Crippen MR) is 98.7 cm³/mol. The van der Waals surface area contributed by atoms with Crippen LogP contribution < -0.4 is 10.6 Å². The van der Waals surface area contributed by atoms with E-state index in [4.69, 9.17) is 0 Å². The maximum Gasteiger partial charge on any atom is 0.276 e. The third kappa shape index (κ3) is 4.54. The van der Waals surface area contributed by atoms with Gasteiger partial charge in [0.1, 0.15) is 5.82 Å². The summed E-state index contributed by atoms with van der Waals surface area (Å²) in [6, 6.07) is 9.53. The average Bonchev–Trinajstić information content (AvgIpc) is 2.57. The maximum atomic E-state index is 12.5. The molecule has 2 rings (SSSR count). The minimum absolute atomic E-state index is 0.237. The largest absolute Gasteiger partial charge is 0.369 e. The van der Waals surface area contributed by atoms with Crippen molar-refractivity contribution in [2.75, 3.05) is 17.2 Å². The molecule has 0 saturated heterocycles. The summed E-state index contributed by atoms with van der Waals surface area (Å²) >= 11 is 0. The molecule has 0 aliphatic heterocycles. The number of nitrogens with zero attached hydrogens (tertiary/aromatic N) is 2. The summed E-state index contributed by atoms with van der Waals surface area (Å²) in [5.74, 6) is 0.786. The number of aryl methyl sites for hydroxylation is 1. The zero-order valence-electron chi connectivity index (χ0n) is 14.9. The maximum absolute atomic E-state index is 12.5. The Balaban J connectivity index is 2.10. The molecule has 5 heteroatoms. The topological polar surface area (TPSA) is 66.9 Å². The number of hydrogen-bond acceptors (Lipinski definition) is 4. The molecule has 1 heterocycles. The van der Waals surface area contributed by atoms with Crippen molar-refractivity contribution < 1.29 is 4.79 Å². The second kappa shape index (κ2) is 8.43. The van der Waals surface area contributed by atoms with Gasteiger partial charge < -0.3 is 10.6 Å². The number of rotatable bonds is 7. The van der Waals surface area contributed by atoms with Crippen LogP contribution >= 0.6 is 0 Å². The summed E-state index contributed by atoms with van der Waals surface area (Å²) in [5.41, 5.74) is 3.34.